The van der Waals surface area contributed by atoms with E-state index in [9.17, 15) is 10.1 Å². The predicted octanol–water partition coefficient (Wildman–Crippen LogP) is 1.62. The summed E-state index contributed by atoms with van der Waals surface area (Å²) < 4.78 is 1.65. The molecule has 0 amide bonds. The van der Waals surface area contributed by atoms with Gasteiger partial charge in [-0.1, -0.05) is 23.4 Å². The Hall–Kier alpha value is -2.28. The van der Waals surface area contributed by atoms with Crippen LogP contribution in [0.2, 0.25) is 0 Å². The van der Waals surface area contributed by atoms with Crippen LogP contribution < -0.4 is 5.73 Å². The summed E-state index contributed by atoms with van der Waals surface area (Å²) in [4.78, 5) is 10.6. The second-order valence-corrected chi connectivity index (χ2v) is 5.22. The monoisotopic (exact) mass is 275 g/mol. The molecular weight excluding hydrogens is 258 g/mol. The fourth-order valence-corrected chi connectivity index (χ4v) is 1.84. The SMILES string of the molecule is CC(C)(N)c1cn(CCc2ccccc2[N+](=O)[O-])nn1. The van der Waals surface area contributed by atoms with Gasteiger partial charge in [0.1, 0.15) is 5.69 Å². The minimum absolute atomic E-state index is 0.131. The van der Waals surface area contributed by atoms with Gasteiger partial charge in [-0.3, -0.25) is 14.8 Å². The van der Waals surface area contributed by atoms with Crippen molar-refractivity contribution in [2.75, 3.05) is 0 Å². The summed E-state index contributed by atoms with van der Waals surface area (Å²) in [5.41, 5.74) is 6.90. The lowest BCUT2D eigenvalue weighted by Gasteiger charge is -2.13. The van der Waals surface area contributed by atoms with E-state index in [2.05, 4.69) is 10.3 Å². The van der Waals surface area contributed by atoms with Crippen molar-refractivity contribution < 1.29 is 4.92 Å². The maximum absolute atomic E-state index is 10.9. The first kappa shape index (κ1) is 14.1. The Morgan fingerprint density at radius 1 is 1.40 bits per heavy atom. The van der Waals surface area contributed by atoms with E-state index in [0.717, 1.165) is 0 Å². The molecule has 0 radical (unpaired) electrons. The Labute approximate surface area is 116 Å². The lowest BCUT2D eigenvalue weighted by Crippen LogP contribution is -2.29. The van der Waals surface area contributed by atoms with E-state index in [4.69, 9.17) is 5.73 Å². The third kappa shape index (κ3) is 3.18. The summed E-state index contributed by atoms with van der Waals surface area (Å²) in [6.45, 7) is 4.22. The van der Waals surface area contributed by atoms with E-state index in [-0.39, 0.29) is 10.6 Å². The highest BCUT2D eigenvalue weighted by Crippen LogP contribution is 2.19. The van der Waals surface area contributed by atoms with Gasteiger partial charge in [-0.2, -0.15) is 0 Å². The largest absolute Gasteiger partial charge is 0.320 e. The van der Waals surface area contributed by atoms with Crippen LogP contribution in [0.1, 0.15) is 25.1 Å². The summed E-state index contributed by atoms with van der Waals surface area (Å²) in [6, 6.07) is 6.71. The first-order chi connectivity index (χ1) is 9.38. The average molecular weight is 275 g/mol. The Kier molecular flexibility index (Phi) is 3.80. The number of nitro groups is 1. The summed E-state index contributed by atoms with van der Waals surface area (Å²) in [6.07, 6.45) is 2.29. The smallest absolute Gasteiger partial charge is 0.272 e. The molecular formula is C13H17N5O2. The van der Waals surface area contributed by atoms with Crippen molar-refractivity contribution in [3.63, 3.8) is 0 Å². The quantitative estimate of drug-likeness (QED) is 0.660. The van der Waals surface area contributed by atoms with Gasteiger partial charge in [-0.05, 0) is 20.3 Å². The maximum atomic E-state index is 10.9. The molecule has 1 aromatic heterocycles. The standard InChI is InChI=1S/C13H17N5O2/c1-13(2,14)12-9-17(16-15-12)8-7-10-5-3-4-6-11(10)18(19)20/h3-6,9H,7-8,14H2,1-2H3. The number of benzene rings is 1. The molecule has 0 aliphatic carbocycles. The maximum Gasteiger partial charge on any atom is 0.272 e. The number of aryl methyl sites for hydroxylation is 2. The highest BCUT2D eigenvalue weighted by Gasteiger charge is 2.18. The zero-order valence-corrected chi connectivity index (χ0v) is 11.5. The first-order valence-electron chi connectivity index (χ1n) is 6.30. The molecule has 0 spiro atoms. The third-order valence-corrected chi connectivity index (χ3v) is 3.00. The zero-order valence-electron chi connectivity index (χ0n) is 11.5. The topological polar surface area (TPSA) is 99.9 Å². The molecule has 1 aromatic carbocycles. The van der Waals surface area contributed by atoms with Crippen LogP contribution in [-0.4, -0.2) is 19.9 Å². The number of hydrogen-bond acceptors (Lipinski definition) is 5. The van der Waals surface area contributed by atoms with Crippen LogP contribution in [0.3, 0.4) is 0 Å². The summed E-state index contributed by atoms with van der Waals surface area (Å²) in [5, 5.41) is 18.9. The molecule has 106 valence electrons. The van der Waals surface area contributed by atoms with Crippen LogP contribution in [0.5, 0.6) is 0 Å². The fourth-order valence-electron chi connectivity index (χ4n) is 1.84. The minimum atomic E-state index is -0.545. The van der Waals surface area contributed by atoms with E-state index in [1.807, 2.05) is 13.8 Å². The van der Waals surface area contributed by atoms with E-state index in [1.54, 1.807) is 29.1 Å². The molecule has 7 nitrogen and oxygen atoms in total. The van der Waals surface area contributed by atoms with Gasteiger partial charge in [0.05, 0.1) is 16.7 Å². The Bertz CT molecular complexity index is 615. The summed E-state index contributed by atoms with van der Waals surface area (Å²) in [7, 11) is 0. The van der Waals surface area contributed by atoms with Gasteiger partial charge < -0.3 is 5.73 Å². The van der Waals surface area contributed by atoms with Crippen molar-refractivity contribution in [1.29, 1.82) is 0 Å². The Morgan fingerprint density at radius 3 is 2.70 bits per heavy atom. The highest BCUT2D eigenvalue weighted by atomic mass is 16.6. The highest BCUT2D eigenvalue weighted by molar-refractivity contribution is 5.39. The molecule has 2 rings (SSSR count). The van der Waals surface area contributed by atoms with Crippen molar-refractivity contribution in [3.8, 4) is 0 Å². The molecule has 0 bridgehead atoms. The second-order valence-electron chi connectivity index (χ2n) is 5.22. The minimum Gasteiger partial charge on any atom is -0.320 e. The van der Waals surface area contributed by atoms with Gasteiger partial charge in [-0.25, -0.2) is 0 Å². The molecule has 0 aliphatic rings. The fraction of sp³-hybridized carbons (Fsp3) is 0.385. The average Bonchev–Trinajstić information content (AvgIpc) is 2.85. The molecule has 2 aromatic rings. The van der Waals surface area contributed by atoms with Gasteiger partial charge in [0.25, 0.3) is 5.69 Å². The van der Waals surface area contributed by atoms with E-state index < -0.39 is 5.54 Å². The van der Waals surface area contributed by atoms with Gasteiger partial charge in [0.2, 0.25) is 0 Å². The first-order valence-corrected chi connectivity index (χ1v) is 6.30. The van der Waals surface area contributed by atoms with Gasteiger partial charge >= 0.3 is 0 Å². The van der Waals surface area contributed by atoms with Crippen molar-refractivity contribution in [1.82, 2.24) is 15.0 Å². The number of aromatic nitrogens is 3. The molecule has 7 heteroatoms. The molecule has 1 heterocycles. The number of nitrogens with two attached hydrogens (primary N) is 1. The second kappa shape index (κ2) is 5.38. The van der Waals surface area contributed by atoms with Crippen molar-refractivity contribution in [3.05, 3.63) is 51.8 Å². The Morgan fingerprint density at radius 2 is 2.10 bits per heavy atom. The molecule has 0 fully saturated rings. The molecule has 0 atom stereocenters. The summed E-state index contributed by atoms with van der Waals surface area (Å²) >= 11 is 0. The van der Waals surface area contributed by atoms with Crippen LogP contribution >= 0.6 is 0 Å². The van der Waals surface area contributed by atoms with E-state index in [0.29, 0.717) is 24.2 Å². The molecule has 2 N–H and O–H groups in total. The number of rotatable bonds is 5. The molecule has 0 saturated carbocycles. The third-order valence-electron chi connectivity index (χ3n) is 3.00. The zero-order chi connectivity index (χ0) is 14.8. The normalized spacial score (nSPS) is 11.6. The number of nitro benzene ring substituents is 1. The number of hydrogen-bond donors (Lipinski definition) is 1. The molecule has 0 saturated heterocycles. The Balaban J connectivity index is 2.10. The van der Waals surface area contributed by atoms with Crippen molar-refractivity contribution >= 4 is 5.69 Å². The van der Waals surface area contributed by atoms with E-state index >= 15 is 0 Å². The van der Waals surface area contributed by atoms with Gasteiger partial charge in [0.15, 0.2) is 0 Å². The lowest BCUT2D eigenvalue weighted by atomic mass is 10.0. The van der Waals surface area contributed by atoms with Crippen LogP contribution in [0.25, 0.3) is 0 Å². The summed E-state index contributed by atoms with van der Waals surface area (Å²) in [5.74, 6) is 0. The molecule has 20 heavy (non-hydrogen) atoms. The van der Waals surface area contributed by atoms with Crippen LogP contribution in [0.15, 0.2) is 30.5 Å². The van der Waals surface area contributed by atoms with Gasteiger partial charge in [-0.15, -0.1) is 5.10 Å². The number of para-hydroxylation sites is 1. The van der Waals surface area contributed by atoms with Gasteiger partial charge in [0, 0.05) is 18.2 Å². The van der Waals surface area contributed by atoms with Crippen LogP contribution in [-0.2, 0) is 18.5 Å². The van der Waals surface area contributed by atoms with Crippen molar-refractivity contribution in [2.24, 2.45) is 5.73 Å². The predicted molar refractivity (Wildman–Crippen MR) is 74.0 cm³/mol. The van der Waals surface area contributed by atoms with Crippen molar-refractivity contribution in [2.45, 2.75) is 32.4 Å². The number of nitrogens with zero attached hydrogens (tertiary/aromatic N) is 4. The lowest BCUT2D eigenvalue weighted by molar-refractivity contribution is -0.385. The van der Waals surface area contributed by atoms with Crippen LogP contribution in [0, 0.1) is 10.1 Å². The van der Waals surface area contributed by atoms with Crippen LogP contribution in [0.4, 0.5) is 5.69 Å². The molecule has 0 unspecified atom stereocenters. The molecule has 0 aliphatic heterocycles. The van der Waals surface area contributed by atoms with E-state index in [1.165, 1.54) is 6.07 Å².